The van der Waals surface area contributed by atoms with Gasteiger partial charge in [0.2, 0.25) is 0 Å². The van der Waals surface area contributed by atoms with Crippen molar-refractivity contribution >= 4 is 12.0 Å². The Labute approximate surface area is 95.6 Å². The first-order valence-corrected chi connectivity index (χ1v) is 5.76. The Balaban J connectivity index is 2.15. The van der Waals surface area contributed by atoms with Crippen LogP contribution in [0.5, 0.6) is 0 Å². The molecule has 5 nitrogen and oxygen atoms in total. The molecule has 1 rings (SSSR count). The van der Waals surface area contributed by atoms with Gasteiger partial charge in [0.05, 0.1) is 6.42 Å². The summed E-state index contributed by atoms with van der Waals surface area (Å²) >= 11 is 0. The number of hydrogen-bond acceptors (Lipinski definition) is 2. The lowest BCUT2D eigenvalue weighted by atomic mass is 10.2. The molecule has 0 saturated heterocycles. The van der Waals surface area contributed by atoms with Gasteiger partial charge in [0.1, 0.15) is 0 Å². The van der Waals surface area contributed by atoms with Crippen molar-refractivity contribution < 1.29 is 14.7 Å². The molecule has 1 aliphatic carbocycles. The molecule has 5 heteroatoms. The van der Waals surface area contributed by atoms with E-state index < -0.39 is 5.97 Å². The summed E-state index contributed by atoms with van der Waals surface area (Å²) in [6, 6.07) is -0.461. The Bertz CT molecular complexity index is 264. The van der Waals surface area contributed by atoms with E-state index >= 15 is 0 Å². The average Bonchev–Trinajstić information content (AvgIpc) is 2.84. The van der Waals surface area contributed by atoms with Crippen molar-refractivity contribution in [1.29, 1.82) is 0 Å². The van der Waals surface area contributed by atoms with Gasteiger partial charge < -0.3 is 15.7 Å². The van der Waals surface area contributed by atoms with Crippen molar-refractivity contribution in [2.24, 2.45) is 5.92 Å². The second-order valence-corrected chi connectivity index (χ2v) is 4.70. The minimum Gasteiger partial charge on any atom is -0.481 e. The SMILES string of the molecule is CC(CC(=O)O)NC(=O)NC(C)CC1CC1. The van der Waals surface area contributed by atoms with Crippen LogP contribution in [0.1, 0.15) is 39.5 Å². The van der Waals surface area contributed by atoms with Crippen molar-refractivity contribution in [3.8, 4) is 0 Å². The fraction of sp³-hybridized carbons (Fsp3) is 0.818. The molecule has 16 heavy (non-hydrogen) atoms. The van der Waals surface area contributed by atoms with E-state index in [9.17, 15) is 9.59 Å². The van der Waals surface area contributed by atoms with E-state index in [1.54, 1.807) is 6.92 Å². The van der Waals surface area contributed by atoms with E-state index in [1.807, 2.05) is 6.92 Å². The summed E-state index contributed by atoms with van der Waals surface area (Å²) in [6.07, 6.45) is 3.50. The number of carbonyl (C=O) groups excluding carboxylic acids is 1. The topological polar surface area (TPSA) is 78.4 Å². The van der Waals surface area contributed by atoms with Crippen LogP contribution < -0.4 is 10.6 Å². The quantitative estimate of drug-likeness (QED) is 0.642. The highest BCUT2D eigenvalue weighted by molar-refractivity contribution is 5.75. The second-order valence-electron chi connectivity index (χ2n) is 4.70. The molecule has 0 radical (unpaired) electrons. The van der Waals surface area contributed by atoms with Crippen molar-refractivity contribution in [2.75, 3.05) is 0 Å². The molecular weight excluding hydrogens is 208 g/mol. The van der Waals surface area contributed by atoms with Crippen LogP contribution >= 0.6 is 0 Å². The van der Waals surface area contributed by atoms with Crippen LogP contribution in [0.3, 0.4) is 0 Å². The molecule has 0 aliphatic heterocycles. The smallest absolute Gasteiger partial charge is 0.315 e. The Kier molecular flexibility index (Phi) is 4.58. The summed E-state index contributed by atoms with van der Waals surface area (Å²) in [7, 11) is 0. The summed E-state index contributed by atoms with van der Waals surface area (Å²) in [4.78, 5) is 21.8. The molecule has 92 valence electrons. The van der Waals surface area contributed by atoms with Gasteiger partial charge in [0, 0.05) is 12.1 Å². The number of carboxylic acids is 1. The molecular formula is C11H20N2O3. The van der Waals surface area contributed by atoms with Crippen LogP contribution in [0.15, 0.2) is 0 Å². The Morgan fingerprint density at radius 1 is 1.25 bits per heavy atom. The maximum absolute atomic E-state index is 11.4. The lowest BCUT2D eigenvalue weighted by Gasteiger charge is -2.17. The summed E-state index contributed by atoms with van der Waals surface area (Å²) in [5.74, 6) is -0.134. The third-order valence-electron chi connectivity index (χ3n) is 2.62. The summed E-state index contributed by atoms with van der Waals surface area (Å²) in [6.45, 7) is 3.65. The zero-order valence-electron chi connectivity index (χ0n) is 9.82. The van der Waals surface area contributed by atoms with E-state index in [0.717, 1.165) is 12.3 Å². The number of carbonyl (C=O) groups is 2. The van der Waals surface area contributed by atoms with E-state index in [0.29, 0.717) is 0 Å². The van der Waals surface area contributed by atoms with Gasteiger partial charge in [-0.15, -0.1) is 0 Å². The van der Waals surface area contributed by atoms with Crippen molar-refractivity contribution in [2.45, 2.75) is 51.6 Å². The molecule has 2 amide bonds. The summed E-state index contributed by atoms with van der Waals surface area (Å²) in [5.41, 5.74) is 0. The highest BCUT2D eigenvalue weighted by Gasteiger charge is 2.24. The first-order valence-electron chi connectivity index (χ1n) is 5.76. The first kappa shape index (κ1) is 12.8. The third-order valence-corrected chi connectivity index (χ3v) is 2.62. The molecule has 1 aliphatic rings. The standard InChI is InChI=1S/C11H20N2O3/c1-7(5-9-3-4-9)12-11(16)13-8(2)6-10(14)15/h7-9H,3-6H2,1-2H3,(H,14,15)(H2,12,13,16). The van der Waals surface area contributed by atoms with Crippen LogP contribution in [-0.4, -0.2) is 29.2 Å². The second kappa shape index (κ2) is 5.72. The van der Waals surface area contributed by atoms with Gasteiger partial charge in [-0.1, -0.05) is 12.8 Å². The minimum absolute atomic E-state index is 0.0512. The number of urea groups is 1. The van der Waals surface area contributed by atoms with Crippen LogP contribution in [0.2, 0.25) is 0 Å². The molecule has 1 fully saturated rings. The number of aliphatic carboxylic acids is 1. The van der Waals surface area contributed by atoms with Gasteiger partial charge in [-0.3, -0.25) is 4.79 Å². The van der Waals surface area contributed by atoms with Gasteiger partial charge in [-0.25, -0.2) is 4.79 Å². The molecule has 1 saturated carbocycles. The summed E-state index contributed by atoms with van der Waals surface area (Å²) in [5, 5.41) is 14.0. The van der Waals surface area contributed by atoms with E-state index in [2.05, 4.69) is 10.6 Å². The lowest BCUT2D eigenvalue weighted by Crippen LogP contribution is -2.45. The van der Waals surface area contributed by atoms with Gasteiger partial charge in [-0.05, 0) is 26.2 Å². The predicted molar refractivity (Wildman–Crippen MR) is 60.2 cm³/mol. The molecule has 0 bridgehead atoms. The highest BCUT2D eigenvalue weighted by atomic mass is 16.4. The zero-order chi connectivity index (χ0) is 12.1. The maximum atomic E-state index is 11.4. The largest absolute Gasteiger partial charge is 0.481 e. The number of hydrogen-bond donors (Lipinski definition) is 3. The average molecular weight is 228 g/mol. The molecule has 0 aromatic heterocycles. The third kappa shape index (κ3) is 5.58. The zero-order valence-corrected chi connectivity index (χ0v) is 9.82. The van der Waals surface area contributed by atoms with Gasteiger partial charge >= 0.3 is 12.0 Å². The Morgan fingerprint density at radius 3 is 2.31 bits per heavy atom. The molecule has 2 atom stereocenters. The van der Waals surface area contributed by atoms with Crippen LogP contribution in [-0.2, 0) is 4.79 Å². The van der Waals surface area contributed by atoms with Gasteiger partial charge in [-0.2, -0.15) is 0 Å². The van der Waals surface area contributed by atoms with Crippen LogP contribution in [0.4, 0.5) is 4.79 Å². The van der Waals surface area contributed by atoms with Crippen LogP contribution in [0, 0.1) is 5.92 Å². The van der Waals surface area contributed by atoms with Crippen molar-refractivity contribution in [3.63, 3.8) is 0 Å². The minimum atomic E-state index is -0.904. The molecule has 0 spiro atoms. The molecule has 0 aromatic rings. The lowest BCUT2D eigenvalue weighted by molar-refractivity contribution is -0.137. The first-order chi connectivity index (χ1) is 7.47. The van der Waals surface area contributed by atoms with Crippen LogP contribution in [0.25, 0.3) is 0 Å². The van der Waals surface area contributed by atoms with Crippen molar-refractivity contribution in [3.05, 3.63) is 0 Å². The normalized spacial score (nSPS) is 18.6. The van der Waals surface area contributed by atoms with Gasteiger partial charge in [0.15, 0.2) is 0 Å². The number of carboxylic acid groups (broad SMARTS) is 1. The van der Waals surface area contributed by atoms with E-state index in [-0.39, 0.29) is 24.5 Å². The van der Waals surface area contributed by atoms with Gasteiger partial charge in [0.25, 0.3) is 0 Å². The molecule has 0 heterocycles. The van der Waals surface area contributed by atoms with Crippen molar-refractivity contribution in [1.82, 2.24) is 10.6 Å². The van der Waals surface area contributed by atoms with E-state index in [1.165, 1.54) is 12.8 Å². The number of rotatable bonds is 6. The Hall–Kier alpha value is -1.26. The monoisotopic (exact) mass is 228 g/mol. The fourth-order valence-electron chi connectivity index (χ4n) is 1.71. The molecule has 3 N–H and O–H groups in total. The fourth-order valence-corrected chi connectivity index (χ4v) is 1.71. The number of amides is 2. The maximum Gasteiger partial charge on any atom is 0.315 e. The number of nitrogens with one attached hydrogen (secondary N) is 2. The van der Waals surface area contributed by atoms with E-state index in [4.69, 9.17) is 5.11 Å². The summed E-state index contributed by atoms with van der Waals surface area (Å²) < 4.78 is 0. The predicted octanol–water partition coefficient (Wildman–Crippen LogP) is 1.34. The molecule has 0 aromatic carbocycles. The highest BCUT2D eigenvalue weighted by Crippen LogP contribution is 2.33. The molecule has 2 unspecified atom stereocenters. The Morgan fingerprint density at radius 2 is 1.81 bits per heavy atom.